The van der Waals surface area contributed by atoms with Gasteiger partial charge in [-0.1, -0.05) is 17.7 Å². The summed E-state index contributed by atoms with van der Waals surface area (Å²) in [4.78, 5) is 19.0. The van der Waals surface area contributed by atoms with Gasteiger partial charge in [0.05, 0.1) is 11.6 Å². The fraction of sp³-hybridized carbons (Fsp3) is 0.154. The van der Waals surface area contributed by atoms with Gasteiger partial charge in [0.1, 0.15) is 11.0 Å². The average Bonchev–Trinajstić information content (AvgIpc) is 2.39. The lowest BCUT2D eigenvalue weighted by molar-refractivity contribution is 0.0697. The Morgan fingerprint density at radius 1 is 1.47 bits per heavy atom. The molecule has 2 aromatic heterocycles. The number of carboxylic acid groups (broad SMARTS) is 1. The van der Waals surface area contributed by atoms with Crippen molar-refractivity contribution in [1.82, 2.24) is 9.97 Å². The highest BCUT2D eigenvalue weighted by atomic mass is 35.5. The first-order chi connectivity index (χ1) is 9.06. The second-order valence-electron chi connectivity index (χ2n) is 4.02. The zero-order valence-electron chi connectivity index (χ0n) is 10.2. The number of carbonyl (C=O) groups is 1. The molecular weight excluding hydrogens is 266 g/mol. The van der Waals surface area contributed by atoms with E-state index in [1.54, 1.807) is 12.4 Å². The molecule has 0 saturated carbocycles. The van der Waals surface area contributed by atoms with Crippen LogP contribution in [0.25, 0.3) is 0 Å². The molecule has 1 atom stereocenters. The molecule has 6 heteroatoms. The van der Waals surface area contributed by atoms with E-state index in [0.29, 0.717) is 5.82 Å². The van der Waals surface area contributed by atoms with Crippen LogP contribution in [0.4, 0.5) is 5.82 Å². The number of hydrogen-bond acceptors (Lipinski definition) is 4. The summed E-state index contributed by atoms with van der Waals surface area (Å²) in [6.45, 7) is 1.93. The molecule has 0 saturated heterocycles. The molecule has 2 N–H and O–H groups in total. The first-order valence-corrected chi connectivity index (χ1v) is 6.01. The number of aromatic nitrogens is 2. The molecule has 0 amide bonds. The minimum Gasteiger partial charge on any atom is -0.478 e. The molecule has 0 aromatic carbocycles. The number of nitrogens with zero attached hydrogens (tertiary/aromatic N) is 2. The largest absolute Gasteiger partial charge is 0.478 e. The lowest BCUT2D eigenvalue weighted by Gasteiger charge is -2.15. The van der Waals surface area contributed by atoms with E-state index >= 15 is 0 Å². The zero-order chi connectivity index (χ0) is 13.8. The number of rotatable bonds is 4. The zero-order valence-corrected chi connectivity index (χ0v) is 10.9. The molecule has 0 aliphatic heterocycles. The maximum atomic E-state index is 10.9. The Hall–Kier alpha value is -2.14. The molecule has 0 spiro atoms. The Bertz CT molecular complexity index is 590. The van der Waals surface area contributed by atoms with E-state index in [4.69, 9.17) is 16.7 Å². The normalized spacial score (nSPS) is 11.9. The Kier molecular flexibility index (Phi) is 3.97. The second-order valence-corrected chi connectivity index (χ2v) is 4.41. The van der Waals surface area contributed by atoms with E-state index < -0.39 is 5.97 Å². The van der Waals surface area contributed by atoms with Crippen LogP contribution in [0.5, 0.6) is 0 Å². The third-order valence-electron chi connectivity index (χ3n) is 2.59. The van der Waals surface area contributed by atoms with Crippen LogP contribution < -0.4 is 5.32 Å². The van der Waals surface area contributed by atoms with Gasteiger partial charge < -0.3 is 10.4 Å². The molecular formula is C13H12ClN3O2. The van der Waals surface area contributed by atoms with Crippen molar-refractivity contribution in [3.63, 3.8) is 0 Å². The van der Waals surface area contributed by atoms with Crippen LogP contribution in [0.2, 0.25) is 5.15 Å². The lowest BCUT2D eigenvalue weighted by atomic mass is 10.1. The fourth-order valence-corrected chi connectivity index (χ4v) is 1.84. The van der Waals surface area contributed by atoms with Gasteiger partial charge in [-0.2, -0.15) is 0 Å². The van der Waals surface area contributed by atoms with Crippen LogP contribution in [0.3, 0.4) is 0 Å². The maximum Gasteiger partial charge on any atom is 0.335 e. The highest BCUT2D eigenvalue weighted by molar-refractivity contribution is 6.29. The number of carboxylic acids is 1. The molecule has 2 rings (SSSR count). The molecule has 19 heavy (non-hydrogen) atoms. The highest BCUT2D eigenvalue weighted by Crippen LogP contribution is 2.20. The number of hydrogen-bond donors (Lipinski definition) is 2. The van der Waals surface area contributed by atoms with Gasteiger partial charge in [-0.3, -0.25) is 4.98 Å². The number of aromatic carboxylic acids is 1. The number of nitrogens with one attached hydrogen (secondary N) is 1. The van der Waals surface area contributed by atoms with Crippen LogP contribution in [0.15, 0.2) is 36.7 Å². The van der Waals surface area contributed by atoms with Crippen molar-refractivity contribution < 1.29 is 9.90 Å². The Labute approximate surface area is 115 Å². The fourth-order valence-electron chi connectivity index (χ4n) is 1.63. The van der Waals surface area contributed by atoms with E-state index in [0.717, 1.165) is 5.56 Å². The van der Waals surface area contributed by atoms with E-state index in [9.17, 15) is 4.79 Å². The summed E-state index contributed by atoms with van der Waals surface area (Å²) in [5.41, 5.74) is 1.07. The molecule has 0 fully saturated rings. The van der Waals surface area contributed by atoms with Crippen LogP contribution in [-0.2, 0) is 0 Å². The van der Waals surface area contributed by atoms with E-state index in [-0.39, 0.29) is 16.8 Å². The summed E-state index contributed by atoms with van der Waals surface area (Å²) in [6, 6.07) is 6.46. The standard InChI is InChI=1S/C13H12ClN3O2/c1-8(9-3-2-4-15-7-9)16-12-6-10(13(18)19)5-11(14)17-12/h2-8H,1H3,(H,16,17)(H,18,19). The molecule has 0 aliphatic rings. The molecule has 0 radical (unpaired) electrons. The summed E-state index contributed by atoms with van der Waals surface area (Å²) in [7, 11) is 0. The van der Waals surface area contributed by atoms with Crippen LogP contribution in [0, 0.1) is 0 Å². The molecule has 2 heterocycles. The second kappa shape index (κ2) is 5.67. The highest BCUT2D eigenvalue weighted by Gasteiger charge is 2.10. The minimum atomic E-state index is -1.04. The number of halogens is 1. The van der Waals surface area contributed by atoms with E-state index in [1.807, 2.05) is 19.1 Å². The van der Waals surface area contributed by atoms with E-state index in [2.05, 4.69) is 15.3 Å². The predicted octanol–water partition coefficient (Wildman–Crippen LogP) is 3.00. The van der Waals surface area contributed by atoms with Crippen LogP contribution >= 0.6 is 11.6 Å². The van der Waals surface area contributed by atoms with Crippen molar-refractivity contribution in [2.24, 2.45) is 0 Å². The molecule has 5 nitrogen and oxygen atoms in total. The number of pyridine rings is 2. The van der Waals surface area contributed by atoms with Crippen molar-refractivity contribution in [2.45, 2.75) is 13.0 Å². The van der Waals surface area contributed by atoms with Crippen LogP contribution in [0.1, 0.15) is 28.9 Å². The maximum absolute atomic E-state index is 10.9. The van der Waals surface area contributed by atoms with Gasteiger partial charge in [0.2, 0.25) is 0 Å². The van der Waals surface area contributed by atoms with Gasteiger partial charge in [0.15, 0.2) is 0 Å². The first kappa shape index (κ1) is 13.3. The summed E-state index contributed by atoms with van der Waals surface area (Å²) < 4.78 is 0. The third kappa shape index (κ3) is 3.42. The summed E-state index contributed by atoms with van der Waals surface area (Å²) in [5, 5.41) is 12.2. The Balaban J connectivity index is 2.21. The Morgan fingerprint density at radius 2 is 2.26 bits per heavy atom. The molecule has 0 aliphatic carbocycles. The predicted molar refractivity (Wildman–Crippen MR) is 72.5 cm³/mol. The summed E-state index contributed by atoms with van der Waals surface area (Å²) in [6.07, 6.45) is 3.43. The molecule has 98 valence electrons. The van der Waals surface area contributed by atoms with Gasteiger partial charge in [-0.05, 0) is 30.7 Å². The third-order valence-corrected chi connectivity index (χ3v) is 2.78. The summed E-state index contributed by atoms with van der Waals surface area (Å²) in [5.74, 6) is -0.623. The summed E-state index contributed by atoms with van der Waals surface area (Å²) >= 11 is 5.80. The van der Waals surface area contributed by atoms with Crippen molar-refractivity contribution in [3.8, 4) is 0 Å². The van der Waals surface area contributed by atoms with Crippen LogP contribution in [-0.4, -0.2) is 21.0 Å². The Morgan fingerprint density at radius 3 is 2.89 bits per heavy atom. The van der Waals surface area contributed by atoms with E-state index in [1.165, 1.54) is 12.1 Å². The first-order valence-electron chi connectivity index (χ1n) is 5.63. The van der Waals surface area contributed by atoms with Crippen molar-refractivity contribution >= 4 is 23.4 Å². The van der Waals surface area contributed by atoms with Gasteiger partial charge >= 0.3 is 5.97 Å². The SMILES string of the molecule is CC(Nc1cc(C(=O)O)cc(Cl)n1)c1cccnc1. The smallest absolute Gasteiger partial charge is 0.335 e. The monoisotopic (exact) mass is 277 g/mol. The average molecular weight is 278 g/mol. The minimum absolute atomic E-state index is 0.0543. The van der Waals surface area contributed by atoms with Gasteiger partial charge in [-0.25, -0.2) is 9.78 Å². The topological polar surface area (TPSA) is 75.1 Å². The lowest BCUT2D eigenvalue weighted by Crippen LogP contribution is -2.09. The van der Waals surface area contributed by atoms with Gasteiger partial charge in [0, 0.05) is 12.4 Å². The van der Waals surface area contributed by atoms with Gasteiger partial charge in [-0.15, -0.1) is 0 Å². The molecule has 1 unspecified atom stereocenters. The van der Waals surface area contributed by atoms with Crippen molar-refractivity contribution in [1.29, 1.82) is 0 Å². The van der Waals surface area contributed by atoms with Crippen molar-refractivity contribution in [3.05, 3.63) is 52.9 Å². The quantitative estimate of drug-likeness (QED) is 0.840. The number of anilines is 1. The van der Waals surface area contributed by atoms with Gasteiger partial charge in [0.25, 0.3) is 0 Å². The molecule has 2 aromatic rings. The molecule has 0 bridgehead atoms. The van der Waals surface area contributed by atoms with Crippen molar-refractivity contribution in [2.75, 3.05) is 5.32 Å².